The number of benzene rings is 1. The van der Waals surface area contributed by atoms with Crippen molar-refractivity contribution in [3.05, 3.63) is 47.5 Å². The number of carbonyl (C=O) groups excluding carboxylic acids is 1. The van der Waals surface area contributed by atoms with Crippen LogP contribution in [0.5, 0.6) is 0 Å². The van der Waals surface area contributed by atoms with E-state index in [1.807, 2.05) is 26.8 Å². The highest BCUT2D eigenvalue weighted by Gasteiger charge is 2.21. The van der Waals surface area contributed by atoms with Gasteiger partial charge in [-0.2, -0.15) is 5.10 Å². The average molecular weight is 347 g/mol. The Labute approximate surface area is 148 Å². The molecule has 0 aliphatic rings. The van der Waals surface area contributed by atoms with E-state index in [2.05, 4.69) is 31.2 Å². The summed E-state index contributed by atoms with van der Waals surface area (Å²) in [5.74, 6) is -0.305. The van der Waals surface area contributed by atoms with Crippen molar-refractivity contribution in [1.82, 2.24) is 15.1 Å². The summed E-state index contributed by atoms with van der Waals surface area (Å²) in [7, 11) is 0. The van der Waals surface area contributed by atoms with Crippen LogP contribution < -0.4 is 5.32 Å². The molecule has 0 saturated heterocycles. The molecule has 0 spiro atoms. The molecule has 0 bridgehead atoms. The zero-order chi connectivity index (χ0) is 18.8. The van der Waals surface area contributed by atoms with Gasteiger partial charge in [-0.25, -0.2) is 13.9 Å². The molecule has 5 nitrogen and oxygen atoms in total. The van der Waals surface area contributed by atoms with Crippen LogP contribution in [-0.2, 0) is 16.7 Å². The van der Waals surface area contributed by atoms with Gasteiger partial charge in [-0.3, -0.25) is 0 Å². The van der Waals surface area contributed by atoms with Gasteiger partial charge >= 0.3 is 6.09 Å². The summed E-state index contributed by atoms with van der Waals surface area (Å²) >= 11 is 0. The highest BCUT2D eigenvalue weighted by Crippen LogP contribution is 2.24. The minimum absolute atomic E-state index is 0.147. The van der Waals surface area contributed by atoms with Crippen LogP contribution in [0.2, 0.25) is 0 Å². The number of hydrogen-bond donors (Lipinski definition) is 1. The third-order valence-electron chi connectivity index (χ3n) is 3.44. The van der Waals surface area contributed by atoms with Gasteiger partial charge in [0.2, 0.25) is 0 Å². The first-order valence-corrected chi connectivity index (χ1v) is 8.28. The Hall–Kier alpha value is -2.37. The lowest BCUT2D eigenvalue weighted by Gasteiger charge is -2.19. The van der Waals surface area contributed by atoms with E-state index >= 15 is 0 Å². The van der Waals surface area contributed by atoms with Crippen molar-refractivity contribution in [3.8, 4) is 5.69 Å². The molecule has 0 fully saturated rings. The van der Waals surface area contributed by atoms with Gasteiger partial charge in [0.25, 0.3) is 0 Å². The summed E-state index contributed by atoms with van der Waals surface area (Å²) < 4.78 is 20.2. The topological polar surface area (TPSA) is 56.1 Å². The Morgan fingerprint density at radius 3 is 2.28 bits per heavy atom. The standard InChI is InChI=1S/C19H26FN3O2/c1-18(2,3)16-11-15(12-21-17(24)25-19(4,5)6)23(22-16)14-9-7-13(20)8-10-14/h7-11H,12H2,1-6H3,(H,21,24). The predicted octanol–water partition coefficient (Wildman–Crippen LogP) is 4.33. The number of nitrogens with zero attached hydrogens (tertiary/aromatic N) is 2. The molecule has 0 atom stereocenters. The second kappa shape index (κ2) is 6.86. The fraction of sp³-hybridized carbons (Fsp3) is 0.474. The molecule has 0 aliphatic carbocycles. The first-order chi connectivity index (χ1) is 11.5. The summed E-state index contributed by atoms with van der Waals surface area (Å²) in [5, 5.41) is 7.38. The van der Waals surface area contributed by atoms with Crippen molar-refractivity contribution >= 4 is 6.09 Å². The number of amides is 1. The van der Waals surface area contributed by atoms with Crippen molar-refractivity contribution in [3.63, 3.8) is 0 Å². The third kappa shape index (κ3) is 5.31. The number of halogens is 1. The first-order valence-electron chi connectivity index (χ1n) is 8.28. The van der Waals surface area contributed by atoms with Gasteiger partial charge < -0.3 is 10.1 Å². The maximum absolute atomic E-state index is 13.2. The molecular weight excluding hydrogens is 321 g/mol. The number of aromatic nitrogens is 2. The summed E-state index contributed by atoms with van der Waals surface area (Å²) in [6.07, 6.45) is -0.489. The van der Waals surface area contributed by atoms with E-state index in [1.54, 1.807) is 16.8 Å². The largest absolute Gasteiger partial charge is 0.444 e. The molecule has 0 aliphatic heterocycles. The number of ether oxygens (including phenoxy) is 1. The molecule has 25 heavy (non-hydrogen) atoms. The van der Waals surface area contributed by atoms with Crippen molar-refractivity contribution in [1.29, 1.82) is 0 Å². The highest BCUT2D eigenvalue weighted by molar-refractivity contribution is 5.67. The molecule has 1 aromatic heterocycles. The molecule has 1 amide bonds. The Balaban J connectivity index is 2.27. The molecule has 1 aromatic carbocycles. The maximum atomic E-state index is 13.2. The van der Waals surface area contributed by atoms with Gasteiger partial charge in [0.1, 0.15) is 11.4 Å². The summed E-state index contributed by atoms with van der Waals surface area (Å²) in [5.41, 5.74) is 1.71. The lowest BCUT2D eigenvalue weighted by molar-refractivity contribution is 0.0522. The number of alkyl carbamates (subject to hydrolysis) is 1. The normalized spacial score (nSPS) is 12.1. The molecule has 6 heteroatoms. The Morgan fingerprint density at radius 1 is 1.16 bits per heavy atom. The van der Waals surface area contributed by atoms with E-state index in [4.69, 9.17) is 4.74 Å². The molecule has 0 radical (unpaired) electrons. The minimum atomic E-state index is -0.558. The smallest absolute Gasteiger partial charge is 0.407 e. The summed E-state index contributed by atoms with van der Waals surface area (Å²) in [6.45, 7) is 11.9. The van der Waals surface area contributed by atoms with Crippen LogP contribution in [0.15, 0.2) is 30.3 Å². The quantitative estimate of drug-likeness (QED) is 0.899. The zero-order valence-electron chi connectivity index (χ0n) is 15.7. The van der Waals surface area contributed by atoms with E-state index in [9.17, 15) is 9.18 Å². The van der Waals surface area contributed by atoms with Gasteiger partial charge in [-0.1, -0.05) is 20.8 Å². The number of rotatable bonds is 3. The van der Waals surface area contributed by atoms with Crippen LogP contribution in [0.25, 0.3) is 5.69 Å². The van der Waals surface area contributed by atoms with E-state index in [-0.39, 0.29) is 17.8 Å². The van der Waals surface area contributed by atoms with Gasteiger partial charge in [-0.15, -0.1) is 0 Å². The summed E-state index contributed by atoms with van der Waals surface area (Å²) in [6, 6.07) is 8.04. The van der Waals surface area contributed by atoms with E-state index < -0.39 is 11.7 Å². The minimum Gasteiger partial charge on any atom is -0.444 e. The monoisotopic (exact) mass is 347 g/mol. The lowest BCUT2D eigenvalue weighted by atomic mass is 9.92. The van der Waals surface area contributed by atoms with Crippen molar-refractivity contribution in [2.75, 3.05) is 0 Å². The van der Waals surface area contributed by atoms with Crippen molar-refractivity contribution < 1.29 is 13.9 Å². The first kappa shape index (κ1) is 19.0. The third-order valence-corrected chi connectivity index (χ3v) is 3.44. The van der Waals surface area contributed by atoms with Crippen LogP contribution in [-0.4, -0.2) is 21.5 Å². The van der Waals surface area contributed by atoms with Crippen molar-refractivity contribution in [2.24, 2.45) is 0 Å². The molecule has 0 saturated carbocycles. The molecule has 136 valence electrons. The second-order valence-corrected chi connectivity index (χ2v) is 8.01. The highest BCUT2D eigenvalue weighted by atomic mass is 19.1. The van der Waals surface area contributed by atoms with Gasteiger partial charge in [0.15, 0.2) is 0 Å². The predicted molar refractivity (Wildman–Crippen MR) is 95.3 cm³/mol. The molecular formula is C19H26FN3O2. The van der Waals surface area contributed by atoms with Gasteiger partial charge in [0.05, 0.1) is 23.6 Å². The maximum Gasteiger partial charge on any atom is 0.407 e. The molecule has 0 unspecified atom stereocenters. The Morgan fingerprint density at radius 2 is 1.76 bits per heavy atom. The summed E-state index contributed by atoms with van der Waals surface area (Å²) in [4.78, 5) is 11.9. The van der Waals surface area contributed by atoms with Crippen molar-refractivity contribution in [2.45, 2.75) is 59.1 Å². The van der Waals surface area contributed by atoms with Gasteiger partial charge in [0, 0.05) is 5.41 Å². The number of hydrogen-bond acceptors (Lipinski definition) is 3. The zero-order valence-corrected chi connectivity index (χ0v) is 15.7. The Bertz CT molecular complexity index is 738. The molecule has 1 heterocycles. The Kier molecular flexibility index (Phi) is 5.20. The second-order valence-electron chi connectivity index (χ2n) is 8.01. The van der Waals surface area contributed by atoms with Crippen LogP contribution in [0.4, 0.5) is 9.18 Å². The van der Waals surface area contributed by atoms with Crippen LogP contribution in [0.3, 0.4) is 0 Å². The molecule has 1 N–H and O–H groups in total. The van der Waals surface area contributed by atoms with Crippen LogP contribution in [0, 0.1) is 5.82 Å². The van der Waals surface area contributed by atoms with E-state index in [0.29, 0.717) is 0 Å². The lowest BCUT2D eigenvalue weighted by Crippen LogP contribution is -2.32. The van der Waals surface area contributed by atoms with E-state index in [0.717, 1.165) is 17.1 Å². The molecule has 2 aromatic rings. The fourth-order valence-corrected chi connectivity index (χ4v) is 2.19. The van der Waals surface area contributed by atoms with Crippen LogP contribution in [0.1, 0.15) is 52.9 Å². The fourth-order valence-electron chi connectivity index (χ4n) is 2.19. The SMILES string of the molecule is CC(C)(C)OC(=O)NCc1cc(C(C)(C)C)nn1-c1ccc(F)cc1. The average Bonchev–Trinajstić information content (AvgIpc) is 2.88. The van der Waals surface area contributed by atoms with E-state index in [1.165, 1.54) is 12.1 Å². The molecule has 2 rings (SSSR count). The van der Waals surface area contributed by atoms with Gasteiger partial charge in [-0.05, 0) is 51.1 Å². The number of carbonyl (C=O) groups is 1. The number of nitrogens with one attached hydrogen (secondary N) is 1. The van der Waals surface area contributed by atoms with Crippen LogP contribution >= 0.6 is 0 Å².